The summed E-state index contributed by atoms with van der Waals surface area (Å²) < 4.78 is 95.6. The van der Waals surface area contributed by atoms with E-state index < -0.39 is 54.5 Å². The molecule has 0 unspecified atom stereocenters. The minimum absolute atomic E-state index is 0.0323. The Morgan fingerprint density at radius 2 is 1.27 bits per heavy atom. The minimum Gasteiger partial charge on any atom is -0.459 e. The van der Waals surface area contributed by atoms with Gasteiger partial charge in [0.05, 0.1) is 5.41 Å². The summed E-state index contributed by atoms with van der Waals surface area (Å²) in [7, 11) is 0. The highest BCUT2D eigenvalue weighted by atomic mass is 19.4. The van der Waals surface area contributed by atoms with Crippen molar-refractivity contribution >= 4 is 17.9 Å². The van der Waals surface area contributed by atoms with E-state index in [4.69, 9.17) is 0 Å². The summed E-state index contributed by atoms with van der Waals surface area (Å²) in [6.07, 6.45) is -9.94. The van der Waals surface area contributed by atoms with Crippen LogP contribution in [-0.2, 0) is 28.6 Å². The van der Waals surface area contributed by atoms with E-state index >= 15 is 0 Å². The molecule has 0 aromatic rings. The lowest BCUT2D eigenvalue weighted by Crippen LogP contribution is -2.67. The van der Waals surface area contributed by atoms with E-state index in [1.807, 2.05) is 0 Å². The van der Waals surface area contributed by atoms with Crippen molar-refractivity contribution in [1.29, 1.82) is 0 Å². The molecule has 0 saturated heterocycles. The van der Waals surface area contributed by atoms with Crippen molar-refractivity contribution in [3.8, 4) is 0 Å². The Balaban J connectivity index is 1.82. The maximum atomic E-state index is 13.8. The van der Waals surface area contributed by atoms with Crippen molar-refractivity contribution in [2.45, 2.75) is 63.4 Å². The fourth-order valence-corrected chi connectivity index (χ4v) is 5.65. The number of esters is 3. The number of carbonyl (C=O) groups is 3. The lowest BCUT2D eigenvalue weighted by molar-refractivity contribution is -0.362. The highest BCUT2D eigenvalue weighted by Crippen LogP contribution is 2.61. The number of carbonyl (C=O) groups excluding carboxylic acids is 3. The van der Waals surface area contributed by atoms with Gasteiger partial charge < -0.3 is 14.2 Å². The Kier molecular flexibility index (Phi) is 6.53. The summed E-state index contributed by atoms with van der Waals surface area (Å²) in [5.41, 5.74) is -7.04. The fourth-order valence-electron chi connectivity index (χ4n) is 5.65. The third kappa shape index (κ3) is 4.57. The average Bonchev–Trinajstić information content (AvgIpc) is 2.65. The van der Waals surface area contributed by atoms with E-state index in [0.29, 0.717) is 0 Å². The second-order valence-corrected chi connectivity index (χ2v) is 9.32. The van der Waals surface area contributed by atoms with E-state index in [9.17, 15) is 40.7 Å². The molecule has 0 aromatic heterocycles. The first-order valence-electron chi connectivity index (χ1n) is 10.5. The predicted octanol–water partition coefficient (Wildman–Crippen LogP) is 4.27. The maximum Gasteiger partial charge on any atom is 0.449 e. The zero-order valence-electron chi connectivity index (χ0n) is 17.8. The van der Waals surface area contributed by atoms with Gasteiger partial charge in [-0.05, 0) is 63.2 Å². The van der Waals surface area contributed by atoms with Gasteiger partial charge in [0.1, 0.15) is 13.2 Å². The predicted molar refractivity (Wildman–Crippen MR) is 98.3 cm³/mol. The molecule has 0 amide bonds. The van der Waals surface area contributed by atoms with E-state index in [1.165, 1.54) is 6.92 Å². The zero-order chi connectivity index (χ0) is 24.8. The Morgan fingerprint density at radius 3 is 1.67 bits per heavy atom. The molecule has 0 radical (unpaired) electrons. The smallest absolute Gasteiger partial charge is 0.449 e. The Morgan fingerprint density at radius 1 is 0.848 bits per heavy atom. The molecule has 4 aliphatic rings. The first-order valence-corrected chi connectivity index (χ1v) is 10.5. The monoisotopic (exact) mass is 486 g/mol. The molecule has 4 fully saturated rings. The molecular weight excluding hydrogens is 462 g/mol. The summed E-state index contributed by atoms with van der Waals surface area (Å²) in [5, 5.41) is 0. The quantitative estimate of drug-likeness (QED) is 0.176. The summed E-state index contributed by atoms with van der Waals surface area (Å²) in [4.78, 5) is 36.4. The van der Waals surface area contributed by atoms with Crippen LogP contribution in [0.2, 0.25) is 0 Å². The maximum absolute atomic E-state index is 13.8. The van der Waals surface area contributed by atoms with Crippen LogP contribution in [0.5, 0.6) is 0 Å². The van der Waals surface area contributed by atoms with Crippen molar-refractivity contribution in [2.75, 3.05) is 13.2 Å². The van der Waals surface area contributed by atoms with Gasteiger partial charge in [-0.2, -0.15) is 26.3 Å². The van der Waals surface area contributed by atoms with Gasteiger partial charge in [0.25, 0.3) is 0 Å². The molecule has 0 N–H and O–H groups in total. The number of halogens is 6. The van der Waals surface area contributed by atoms with Crippen molar-refractivity contribution < 1.29 is 54.9 Å². The van der Waals surface area contributed by atoms with Crippen LogP contribution in [0, 0.1) is 23.2 Å². The number of hydrogen-bond donors (Lipinski definition) is 0. The molecule has 4 aliphatic carbocycles. The third-order valence-corrected chi connectivity index (χ3v) is 6.70. The molecule has 6 nitrogen and oxygen atoms in total. The largest absolute Gasteiger partial charge is 0.459 e. The normalized spacial score (nSPS) is 28.9. The van der Waals surface area contributed by atoms with Crippen LogP contribution >= 0.6 is 0 Å². The Labute approximate surface area is 185 Å². The highest BCUT2D eigenvalue weighted by molar-refractivity contribution is 5.88. The van der Waals surface area contributed by atoms with Gasteiger partial charge >= 0.3 is 35.9 Å². The van der Waals surface area contributed by atoms with Crippen LogP contribution in [0.15, 0.2) is 12.2 Å². The van der Waals surface area contributed by atoms with Gasteiger partial charge in [0.2, 0.25) is 0 Å². The van der Waals surface area contributed by atoms with Gasteiger partial charge in [-0.1, -0.05) is 6.58 Å². The first-order chi connectivity index (χ1) is 15.1. The molecule has 4 saturated carbocycles. The van der Waals surface area contributed by atoms with Crippen LogP contribution in [0.4, 0.5) is 26.3 Å². The second-order valence-electron chi connectivity index (χ2n) is 9.32. The molecule has 4 bridgehead atoms. The second kappa shape index (κ2) is 8.50. The van der Waals surface area contributed by atoms with Crippen molar-refractivity contribution in [2.24, 2.45) is 23.2 Å². The van der Waals surface area contributed by atoms with Gasteiger partial charge in [-0.25, -0.2) is 9.59 Å². The van der Waals surface area contributed by atoms with Crippen LogP contribution < -0.4 is 0 Å². The van der Waals surface area contributed by atoms with Crippen LogP contribution in [-0.4, -0.2) is 49.1 Å². The van der Waals surface area contributed by atoms with Crippen molar-refractivity contribution in [3.63, 3.8) is 0 Å². The molecule has 0 atom stereocenters. The molecule has 0 aliphatic heterocycles. The van der Waals surface area contributed by atoms with E-state index in [0.717, 1.165) is 19.3 Å². The molecule has 4 rings (SSSR count). The number of hydrogen-bond acceptors (Lipinski definition) is 6. The van der Waals surface area contributed by atoms with E-state index in [1.54, 1.807) is 0 Å². The molecule has 33 heavy (non-hydrogen) atoms. The average molecular weight is 486 g/mol. The molecule has 0 spiro atoms. The molecule has 0 aromatic carbocycles. The van der Waals surface area contributed by atoms with E-state index in [-0.39, 0.29) is 42.6 Å². The third-order valence-electron chi connectivity index (χ3n) is 6.70. The SMILES string of the molecule is C=C(C)C(=O)OCCOC(=O)C(OC(=O)C12CC3CC(CC(C3)C1)C2)(C(F)(F)F)C(F)(F)F. The molecule has 12 heteroatoms. The topological polar surface area (TPSA) is 78.9 Å². The van der Waals surface area contributed by atoms with Gasteiger partial charge in [0.15, 0.2) is 0 Å². The number of alkyl halides is 6. The van der Waals surface area contributed by atoms with E-state index in [2.05, 4.69) is 20.8 Å². The number of ether oxygens (including phenoxy) is 3. The lowest BCUT2D eigenvalue weighted by Gasteiger charge is -2.55. The summed E-state index contributed by atoms with van der Waals surface area (Å²) in [6, 6.07) is 0. The summed E-state index contributed by atoms with van der Waals surface area (Å²) in [5.74, 6) is -5.40. The summed E-state index contributed by atoms with van der Waals surface area (Å²) in [6.45, 7) is 2.58. The Bertz CT molecular complexity index is 781. The number of rotatable bonds is 7. The van der Waals surface area contributed by atoms with Gasteiger partial charge in [0, 0.05) is 5.57 Å². The van der Waals surface area contributed by atoms with Gasteiger partial charge in [-0.3, -0.25) is 4.79 Å². The van der Waals surface area contributed by atoms with Crippen LogP contribution in [0.25, 0.3) is 0 Å². The molecular formula is C21H24F6O6. The Hall–Kier alpha value is -2.27. The lowest BCUT2D eigenvalue weighted by atomic mass is 9.49. The molecule has 0 heterocycles. The zero-order valence-corrected chi connectivity index (χ0v) is 17.8. The minimum atomic E-state index is -6.34. The van der Waals surface area contributed by atoms with Crippen molar-refractivity contribution in [3.05, 3.63) is 12.2 Å². The standard InChI is InChI=1S/C21H24F6O6/c1-11(2)15(28)31-3-4-32-17(30)19(20(22,23)24,21(25,26)27)33-16(29)18-8-12-5-13(9-18)7-14(6-12)10-18/h12-14H,1,3-10H2,2H3. The molecule has 186 valence electrons. The van der Waals surface area contributed by atoms with Crippen LogP contribution in [0.3, 0.4) is 0 Å². The fraction of sp³-hybridized carbons (Fsp3) is 0.762. The highest BCUT2D eigenvalue weighted by Gasteiger charge is 2.81. The summed E-state index contributed by atoms with van der Waals surface area (Å²) >= 11 is 0. The van der Waals surface area contributed by atoms with Gasteiger partial charge in [-0.15, -0.1) is 0 Å². The first kappa shape index (κ1) is 25.4. The van der Waals surface area contributed by atoms with Crippen molar-refractivity contribution in [1.82, 2.24) is 0 Å². The van der Waals surface area contributed by atoms with Crippen LogP contribution in [0.1, 0.15) is 45.4 Å².